The van der Waals surface area contributed by atoms with Gasteiger partial charge in [-0.15, -0.1) is 0 Å². The Hall–Kier alpha value is -6.92. The van der Waals surface area contributed by atoms with Crippen LogP contribution in [0, 0.1) is 0 Å². The summed E-state index contributed by atoms with van der Waals surface area (Å²) in [6.45, 7) is 37.2. The first-order valence-corrected chi connectivity index (χ1v) is 27.5. The number of phenols is 4. The average Bonchev–Trinajstić information content (AvgIpc) is 3.31. The van der Waals surface area contributed by atoms with E-state index in [0.717, 1.165) is 0 Å². The van der Waals surface area contributed by atoms with Crippen LogP contribution in [0.5, 0.6) is 46.0 Å². The number of nitrogens with zero attached hydrogens (tertiary/aromatic N) is 2. The Balaban J connectivity index is 2.09. The lowest BCUT2D eigenvalue weighted by Crippen LogP contribution is -2.27. The molecule has 0 saturated carbocycles. The molecule has 0 radical (unpaired) electrons. The van der Waals surface area contributed by atoms with Crippen molar-refractivity contribution < 1.29 is 77.5 Å². The molecule has 0 spiro atoms. The van der Waals surface area contributed by atoms with Gasteiger partial charge in [-0.05, 0) is 134 Å². The maximum atomic E-state index is 13.8. The van der Waals surface area contributed by atoms with Crippen LogP contribution in [0.2, 0.25) is 0 Å². The van der Waals surface area contributed by atoms with Crippen molar-refractivity contribution >= 4 is 24.6 Å². The van der Waals surface area contributed by atoms with Gasteiger partial charge in [-0.25, -0.2) is 19.2 Å². The Kier molecular flexibility index (Phi) is 19.8. The maximum absolute atomic E-state index is 13.8. The summed E-state index contributed by atoms with van der Waals surface area (Å²) in [6.07, 6.45) is -4.36. The molecule has 0 saturated heterocycles. The van der Waals surface area contributed by atoms with Crippen LogP contribution in [0.4, 0.5) is 19.2 Å². The topological polar surface area (TPSA) is 230 Å². The Morgan fingerprint density at radius 1 is 0.362 bits per heavy atom. The second kappa shape index (κ2) is 24.8. The van der Waals surface area contributed by atoms with Crippen molar-refractivity contribution in [2.24, 2.45) is 0 Å². The van der Waals surface area contributed by atoms with E-state index in [4.69, 9.17) is 37.9 Å². The zero-order chi connectivity index (χ0) is 60.3. The molecule has 0 fully saturated rings. The van der Waals surface area contributed by atoms with Crippen molar-refractivity contribution in [3.63, 3.8) is 0 Å². The van der Waals surface area contributed by atoms with E-state index in [1.54, 1.807) is 135 Å². The number of rotatable bonds is 12. The lowest BCUT2D eigenvalue weighted by atomic mass is 9.79. The second-order valence-corrected chi connectivity index (χ2v) is 24.4. The summed E-state index contributed by atoms with van der Waals surface area (Å²) in [5, 5.41) is 50.6. The van der Waals surface area contributed by atoms with E-state index in [2.05, 4.69) is 0 Å². The maximum Gasteiger partial charge on any atom is 0.514 e. The van der Waals surface area contributed by atoms with E-state index >= 15 is 0 Å². The summed E-state index contributed by atoms with van der Waals surface area (Å²) < 4.78 is 46.9. The molecule has 440 valence electrons. The minimum Gasteiger partial charge on any atom is -0.507 e. The van der Waals surface area contributed by atoms with Gasteiger partial charge in [-0.3, -0.25) is 9.80 Å². The standard InChI is InChI=1S/C62H86N2O16/c1-21-63(22-2)31-45-51(65)41-27-42(52(45)66)34(6)38-26-40(50(76-58(72)80-62(18,19)20)30-48(38)74-56(70)78-60(12,13)14)36(8)44-28-43(53(67)46(54(44)68)32-64(23-3)24-4)35(7)39-25-37(33(41)5)47(73-55(69)77-59(9,10)11)29-49(39)75-57(71)79-61(15,16)17/h25-30,33-36,65-68H,21-24,31-32H2,1-20H3. The van der Waals surface area contributed by atoms with Gasteiger partial charge in [0.15, 0.2) is 0 Å². The number of aromatic hydroxyl groups is 4. The Morgan fingerprint density at radius 3 is 0.725 bits per heavy atom. The Labute approximate surface area is 472 Å². The van der Waals surface area contributed by atoms with Crippen molar-refractivity contribution in [3.8, 4) is 46.0 Å². The highest BCUT2D eigenvalue weighted by Gasteiger charge is 2.36. The van der Waals surface area contributed by atoms with Crippen LogP contribution >= 0.6 is 0 Å². The second-order valence-electron chi connectivity index (χ2n) is 24.4. The predicted molar refractivity (Wildman–Crippen MR) is 303 cm³/mol. The van der Waals surface area contributed by atoms with E-state index in [1.165, 1.54) is 12.1 Å². The van der Waals surface area contributed by atoms with Gasteiger partial charge in [0.1, 0.15) is 68.4 Å². The van der Waals surface area contributed by atoms with Crippen LogP contribution in [0.3, 0.4) is 0 Å². The third kappa shape index (κ3) is 15.7. The highest BCUT2D eigenvalue weighted by molar-refractivity contribution is 5.73. The lowest BCUT2D eigenvalue weighted by Gasteiger charge is -2.30. The Morgan fingerprint density at radius 2 is 0.550 bits per heavy atom. The first-order valence-electron chi connectivity index (χ1n) is 27.5. The first kappa shape index (κ1) is 63.9. The van der Waals surface area contributed by atoms with Gasteiger partial charge in [-0.2, -0.15) is 0 Å². The van der Waals surface area contributed by atoms with E-state index < -0.39 is 70.7 Å². The molecule has 4 unspecified atom stereocenters. The van der Waals surface area contributed by atoms with Crippen LogP contribution in [-0.2, 0) is 32.0 Å². The van der Waals surface area contributed by atoms with Crippen molar-refractivity contribution in [1.29, 1.82) is 0 Å². The van der Waals surface area contributed by atoms with Gasteiger partial charge >= 0.3 is 24.6 Å². The van der Waals surface area contributed by atoms with Gasteiger partial charge in [0.2, 0.25) is 0 Å². The van der Waals surface area contributed by atoms with Crippen molar-refractivity contribution in [2.75, 3.05) is 26.2 Å². The number of carbonyl (C=O) groups is 4. The van der Waals surface area contributed by atoms with Crippen LogP contribution in [0.25, 0.3) is 0 Å². The van der Waals surface area contributed by atoms with Gasteiger partial charge in [-0.1, -0.05) is 55.4 Å². The molecular weight excluding hydrogens is 1030 g/mol. The van der Waals surface area contributed by atoms with Crippen molar-refractivity contribution in [1.82, 2.24) is 9.80 Å². The number of hydrogen-bond acceptors (Lipinski definition) is 18. The molecule has 18 nitrogen and oxygen atoms in total. The minimum atomic E-state index is -1.09. The Bertz CT molecular complexity index is 2570. The van der Waals surface area contributed by atoms with Gasteiger partial charge in [0.05, 0.1) is 11.1 Å². The van der Waals surface area contributed by atoms with E-state index in [-0.39, 0.29) is 115 Å². The smallest absolute Gasteiger partial charge is 0.507 e. The van der Waals surface area contributed by atoms with Crippen molar-refractivity contribution in [2.45, 2.75) is 198 Å². The molecule has 0 aromatic heterocycles. The van der Waals surface area contributed by atoms with Crippen LogP contribution in [0.1, 0.15) is 218 Å². The summed E-state index contributed by atoms with van der Waals surface area (Å²) in [4.78, 5) is 59.2. The van der Waals surface area contributed by atoms with Gasteiger partial charge < -0.3 is 58.3 Å². The van der Waals surface area contributed by atoms with Gasteiger partial charge in [0.25, 0.3) is 0 Å². The summed E-state index contributed by atoms with van der Waals surface area (Å²) in [5.41, 5.74) is -1.52. The minimum absolute atomic E-state index is 0.0758. The molecular formula is C62H86N2O16. The number of fused-ring (bicyclic) bond motifs is 8. The molecule has 18 heteroatoms. The zero-order valence-corrected chi connectivity index (χ0v) is 50.6. The zero-order valence-electron chi connectivity index (χ0n) is 50.6. The lowest BCUT2D eigenvalue weighted by molar-refractivity contribution is 0.0175. The largest absolute Gasteiger partial charge is 0.514 e. The van der Waals surface area contributed by atoms with E-state index in [9.17, 15) is 39.6 Å². The summed E-state index contributed by atoms with van der Waals surface area (Å²) in [6, 6.07) is 9.26. The molecule has 1 aliphatic rings. The molecule has 5 rings (SSSR count). The number of carbonyl (C=O) groups excluding carboxylic acids is 4. The fraction of sp³-hybridized carbons (Fsp3) is 0.548. The molecule has 4 N–H and O–H groups in total. The van der Waals surface area contributed by atoms with Crippen LogP contribution < -0.4 is 18.9 Å². The highest BCUT2D eigenvalue weighted by atomic mass is 16.8. The molecule has 4 atom stereocenters. The highest BCUT2D eigenvalue weighted by Crippen LogP contribution is 2.53. The summed E-state index contributed by atoms with van der Waals surface area (Å²) >= 11 is 0. The molecule has 0 aliphatic heterocycles. The quantitative estimate of drug-likeness (QED) is 0.0587. The first-order chi connectivity index (χ1) is 36.9. The molecule has 80 heavy (non-hydrogen) atoms. The SMILES string of the molecule is CCN(CC)Cc1c(O)c2cc(c1O)C(C)c1cc(c(OC(=O)OC(C)(C)C)cc1OC(=O)OC(C)(C)C)C(C)c1cc(c(O)c(CN(CC)CC)c1O)C(C)c1cc(c(OC(=O)OC(C)(C)C)cc1OC(=O)OC(C)(C)C)C2C. The third-order valence-corrected chi connectivity index (χ3v) is 13.8. The van der Waals surface area contributed by atoms with Crippen molar-refractivity contribution in [3.05, 3.63) is 92.0 Å². The average molecular weight is 1120 g/mol. The fourth-order valence-corrected chi connectivity index (χ4v) is 9.50. The molecule has 0 heterocycles. The molecule has 1 aliphatic carbocycles. The molecule has 8 bridgehead atoms. The van der Waals surface area contributed by atoms with Crippen LogP contribution in [0.15, 0.2) is 36.4 Å². The monoisotopic (exact) mass is 1110 g/mol. The van der Waals surface area contributed by atoms with Gasteiger partial charge in [0, 0.05) is 93.4 Å². The normalized spacial score (nSPS) is 16.7. The van der Waals surface area contributed by atoms with E-state index in [1.807, 2.05) is 37.5 Å². The van der Waals surface area contributed by atoms with E-state index in [0.29, 0.717) is 26.2 Å². The predicted octanol–water partition coefficient (Wildman–Crippen LogP) is 14.4. The molecule has 4 aromatic carbocycles. The fourth-order valence-electron chi connectivity index (χ4n) is 9.50. The number of ether oxygens (including phenoxy) is 8. The van der Waals surface area contributed by atoms with Crippen LogP contribution in [-0.4, -0.2) is 103 Å². The molecule has 4 aromatic rings. The number of phenolic OH excluding ortho intramolecular Hbond substituents is 4. The summed E-state index contributed by atoms with van der Waals surface area (Å²) in [7, 11) is 0. The summed E-state index contributed by atoms with van der Waals surface area (Å²) in [5.74, 6) is -5.29. The molecule has 0 amide bonds. The number of hydrogen-bond donors (Lipinski definition) is 4. The third-order valence-electron chi connectivity index (χ3n) is 13.8. The number of benzene rings is 4.